The molecule has 20 atom stereocenters. The number of benzene rings is 1. The lowest BCUT2D eigenvalue weighted by atomic mass is 9.93. The van der Waals surface area contributed by atoms with Crippen LogP contribution in [0.15, 0.2) is 24.3 Å². The number of ether oxygens (including phenoxy) is 8. The molecule has 10 unspecified atom stereocenters. The fourth-order valence-electron chi connectivity index (χ4n) is 9.64. The van der Waals surface area contributed by atoms with Crippen LogP contribution in [-0.4, -0.2) is 238 Å². The van der Waals surface area contributed by atoms with Gasteiger partial charge in [0.05, 0.1) is 33.0 Å². The first-order valence-corrected chi connectivity index (χ1v) is 27.3. The summed E-state index contributed by atoms with van der Waals surface area (Å²) in [5, 5.41) is 109. The maximum atomic E-state index is 13.8. The van der Waals surface area contributed by atoms with Crippen LogP contribution in [0, 0.1) is 0 Å². The average Bonchev–Trinajstić information content (AvgIpc) is 3.47. The highest BCUT2D eigenvalue weighted by molar-refractivity contribution is 7.80. The lowest BCUT2D eigenvalue weighted by Gasteiger charge is -2.51. The molecular weight excluding hydrogens is 1060 g/mol. The van der Waals surface area contributed by atoms with Gasteiger partial charge in [-0.2, -0.15) is 0 Å². The minimum Gasteiger partial charge on any atom is -0.726 e. The van der Waals surface area contributed by atoms with Gasteiger partial charge in [0.2, 0.25) is 28.1 Å². The molecule has 0 aliphatic carbocycles. The minimum absolute atomic E-state index is 0.0706. The zero-order chi connectivity index (χ0) is 57.4. The number of carbonyl (C=O) groups is 4. The SMILES string of the molecule is CCCCCCCCCCCOc1cccc(C(=O)N[C@H]2C(O[C@H]3C(O)C(NC(C)=O)C(OC4C(CO)O[C@@H](O[C@H]5C(O)C(NC(C)=O)C(O)O[C@@H]5COS(=O)(=O)[O-])[C@H](NC(C)=O)[C@H]4O)O[C@@H]3CO)OC(CO)[C@H](O)[C@@H]2O)c1. The molecule has 0 spiro atoms. The lowest BCUT2D eigenvalue weighted by Crippen LogP contribution is -2.71. The first-order valence-electron chi connectivity index (χ1n) is 26.0. The summed E-state index contributed by atoms with van der Waals surface area (Å²) < 4.78 is 85.7. The second kappa shape index (κ2) is 30.8. The zero-order valence-corrected chi connectivity index (χ0v) is 44.5. The monoisotopic (exact) mass is 1140 g/mol. The van der Waals surface area contributed by atoms with Gasteiger partial charge in [-0.15, -0.1) is 0 Å². The van der Waals surface area contributed by atoms with Crippen molar-refractivity contribution in [3.8, 4) is 5.75 Å². The highest BCUT2D eigenvalue weighted by atomic mass is 32.3. The molecule has 29 nitrogen and oxygen atoms in total. The van der Waals surface area contributed by atoms with Crippen molar-refractivity contribution >= 4 is 34.0 Å². The third-order valence-corrected chi connectivity index (χ3v) is 14.0. The molecule has 1 aromatic carbocycles. The van der Waals surface area contributed by atoms with Crippen LogP contribution in [0.4, 0.5) is 0 Å². The van der Waals surface area contributed by atoms with Crippen LogP contribution in [0.1, 0.15) is 95.8 Å². The number of hydrogen-bond acceptors (Lipinski definition) is 25. The van der Waals surface area contributed by atoms with E-state index in [1.54, 1.807) is 12.1 Å². The van der Waals surface area contributed by atoms with Crippen molar-refractivity contribution in [1.29, 1.82) is 0 Å². The van der Waals surface area contributed by atoms with Gasteiger partial charge in [-0.25, -0.2) is 8.42 Å². The van der Waals surface area contributed by atoms with Crippen LogP contribution < -0.4 is 26.0 Å². The molecule has 5 rings (SSSR count). The molecule has 4 aliphatic rings. The van der Waals surface area contributed by atoms with Gasteiger partial charge in [0.25, 0.3) is 5.91 Å². The summed E-state index contributed by atoms with van der Waals surface area (Å²) >= 11 is 0. The maximum absolute atomic E-state index is 13.8. The number of rotatable bonds is 28. The van der Waals surface area contributed by atoms with E-state index in [1.165, 1.54) is 44.2 Å². The molecule has 0 saturated carbocycles. The van der Waals surface area contributed by atoms with Gasteiger partial charge in [0.15, 0.2) is 25.2 Å². The van der Waals surface area contributed by atoms with Crippen LogP contribution >= 0.6 is 0 Å². The molecule has 4 fully saturated rings. The molecular formula is C48H77N4O25S-. The predicted octanol–water partition coefficient (Wildman–Crippen LogP) is -4.49. The smallest absolute Gasteiger partial charge is 0.251 e. The Labute approximate surface area is 451 Å². The third-order valence-electron chi connectivity index (χ3n) is 13.6. The predicted molar refractivity (Wildman–Crippen MR) is 262 cm³/mol. The van der Waals surface area contributed by atoms with Crippen molar-refractivity contribution in [3.63, 3.8) is 0 Å². The Hall–Kier alpha value is -3.87. The Balaban J connectivity index is 1.34. The van der Waals surface area contributed by atoms with Gasteiger partial charge in [-0.1, -0.05) is 64.4 Å². The second-order valence-corrected chi connectivity index (χ2v) is 20.6. The number of carbonyl (C=O) groups excluding carboxylic acids is 4. The molecule has 1 aromatic rings. The Morgan fingerprint density at radius 1 is 0.564 bits per heavy atom. The Morgan fingerprint density at radius 3 is 1.47 bits per heavy atom. The summed E-state index contributed by atoms with van der Waals surface area (Å²) in [6, 6.07) is -0.636. The molecule has 4 aliphatic heterocycles. The summed E-state index contributed by atoms with van der Waals surface area (Å²) in [6.45, 7) is 1.58. The van der Waals surface area contributed by atoms with E-state index in [1.807, 2.05) is 0 Å². The summed E-state index contributed by atoms with van der Waals surface area (Å²) in [4.78, 5) is 51.1. The van der Waals surface area contributed by atoms with E-state index in [-0.39, 0.29) is 5.56 Å². The van der Waals surface area contributed by atoms with Gasteiger partial charge in [-0.3, -0.25) is 23.4 Å². The Bertz CT molecular complexity index is 2170. The van der Waals surface area contributed by atoms with Gasteiger partial charge in [0.1, 0.15) is 103 Å². The van der Waals surface area contributed by atoms with Crippen LogP contribution in [-0.2, 0) is 62.1 Å². The highest BCUT2D eigenvalue weighted by Gasteiger charge is 2.56. The summed E-state index contributed by atoms with van der Waals surface area (Å²) in [6.07, 6.45) is -19.6. The van der Waals surface area contributed by atoms with Crippen LogP contribution in [0.5, 0.6) is 5.75 Å². The molecule has 4 saturated heterocycles. The van der Waals surface area contributed by atoms with E-state index in [0.29, 0.717) is 12.4 Å². The van der Waals surface area contributed by atoms with Gasteiger partial charge in [-0.05, 0) is 24.6 Å². The van der Waals surface area contributed by atoms with Crippen LogP contribution in [0.2, 0.25) is 0 Å². The Kier molecular flexibility index (Phi) is 25.7. The largest absolute Gasteiger partial charge is 0.726 e. The van der Waals surface area contributed by atoms with Gasteiger partial charge < -0.3 is 110 Å². The molecule has 13 N–H and O–H groups in total. The number of aliphatic hydroxyl groups excluding tert-OH is 9. The lowest BCUT2D eigenvalue weighted by molar-refractivity contribution is -0.361. The topological polar surface area (TPSA) is 439 Å². The van der Waals surface area contributed by atoms with E-state index in [2.05, 4.69) is 32.4 Å². The summed E-state index contributed by atoms with van der Waals surface area (Å²) in [7, 11) is -5.41. The van der Waals surface area contributed by atoms with E-state index >= 15 is 0 Å². The molecule has 78 heavy (non-hydrogen) atoms. The van der Waals surface area contributed by atoms with Crippen molar-refractivity contribution in [3.05, 3.63) is 29.8 Å². The van der Waals surface area contributed by atoms with E-state index in [9.17, 15) is 78.1 Å². The maximum Gasteiger partial charge on any atom is 0.251 e. The highest BCUT2D eigenvalue weighted by Crippen LogP contribution is 2.35. The fourth-order valence-corrected chi connectivity index (χ4v) is 9.94. The third kappa shape index (κ3) is 18.1. The van der Waals surface area contributed by atoms with E-state index in [0.717, 1.165) is 46.5 Å². The Morgan fingerprint density at radius 2 is 1.00 bits per heavy atom. The summed E-state index contributed by atoms with van der Waals surface area (Å²) in [5.74, 6) is -2.84. The molecule has 0 aromatic heterocycles. The standard InChI is InChI=1S/C48H78N4O25S/c1-5-6-7-8-9-10-11-12-13-17-69-27-16-14-15-26(18-27)44(64)52-33-37(60)36(59)28(19-53)72-46(33)75-41-29(20-54)73-47(34(39(41)62)50-24(3)57)76-42-30(21-55)74-48(35(40(42)63)51-25(4)58)77-43-31(22-70-78(66,67)68)71-45(65)32(38(43)61)49-23(2)56/h14-16,18,28-43,45-48,53-55,59-63,65H,5-13,17,19-22H2,1-4H3,(H,49,56)(H,50,57)(H,51,58)(H,52,64)(H,66,67,68)/p-1/t28?,29-,30?,31-,32?,33-,34?,35-,36+,37-,38?,39?,40-,41-,42?,43-,45?,46?,47?,48+/m1/s1. The van der Waals surface area contributed by atoms with Crippen molar-refractivity contribution in [2.75, 3.05) is 33.0 Å². The number of hydrogen-bond donors (Lipinski definition) is 13. The first kappa shape index (κ1) is 64.9. The van der Waals surface area contributed by atoms with Crippen molar-refractivity contribution in [1.82, 2.24) is 21.3 Å². The molecule has 30 heteroatoms. The molecule has 4 amide bonds. The number of aliphatic hydroxyl groups is 9. The minimum atomic E-state index is -5.41. The quantitative estimate of drug-likeness (QED) is 0.0214. The average molecular weight is 1140 g/mol. The normalized spacial score (nSPS) is 35.3. The van der Waals surface area contributed by atoms with Gasteiger partial charge >= 0.3 is 0 Å². The zero-order valence-electron chi connectivity index (χ0n) is 43.7. The molecule has 446 valence electrons. The van der Waals surface area contributed by atoms with Crippen molar-refractivity contribution < 1.29 is 120 Å². The van der Waals surface area contributed by atoms with Crippen LogP contribution in [0.25, 0.3) is 0 Å². The summed E-state index contributed by atoms with van der Waals surface area (Å²) in [5.41, 5.74) is 0.0706. The fraction of sp³-hybridized carbons (Fsp3) is 0.792. The van der Waals surface area contributed by atoms with Gasteiger partial charge in [0, 0.05) is 26.3 Å². The number of nitrogens with one attached hydrogen (secondary N) is 4. The molecule has 0 bridgehead atoms. The molecule has 0 radical (unpaired) electrons. The number of unbranched alkanes of at least 4 members (excludes halogenated alkanes) is 8. The molecule has 4 heterocycles. The van der Waals surface area contributed by atoms with Crippen molar-refractivity contribution in [2.45, 2.75) is 208 Å². The first-order chi connectivity index (χ1) is 37.0. The van der Waals surface area contributed by atoms with E-state index in [4.69, 9.17) is 37.9 Å². The van der Waals surface area contributed by atoms with Crippen molar-refractivity contribution in [2.24, 2.45) is 0 Å². The number of amides is 4. The van der Waals surface area contributed by atoms with E-state index < -0.39 is 183 Å². The van der Waals surface area contributed by atoms with Crippen LogP contribution in [0.3, 0.4) is 0 Å². The second-order valence-electron chi connectivity index (χ2n) is 19.6.